The zero-order chi connectivity index (χ0) is 18.1. The molecule has 0 unspecified atom stereocenters. The van der Waals surface area contributed by atoms with Gasteiger partial charge in [0.25, 0.3) is 0 Å². The van der Waals surface area contributed by atoms with Gasteiger partial charge in [-0.1, -0.05) is 29.8 Å². The number of nitrogens with zero attached hydrogens (tertiary/aromatic N) is 2. The average molecular weight is 344 g/mol. The molecule has 0 spiro atoms. The molecule has 24 heavy (non-hydrogen) atoms. The third-order valence-electron chi connectivity index (χ3n) is 4.16. The van der Waals surface area contributed by atoms with Gasteiger partial charge in [-0.2, -0.15) is 13.2 Å². The van der Waals surface area contributed by atoms with Gasteiger partial charge < -0.3 is 14.9 Å². The highest BCUT2D eigenvalue weighted by Gasteiger charge is 2.42. The summed E-state index contributed by atoms with van der Waals surface area (Å²) in [5.41, 5.74) is 1.78. The highest BCUT2D eigenvalue weighted by atomic mass is 19.4. The number of aryl methyl sites for hydroxylation is 1. The van der Waals surface area contributed by atoms with Gasteiger partial charge in [-0.3, -0.25) is 4.79 Å². The van der Waals surface area contributed by atoms with Crippen LogP contribution in [0.5, 0.6) is 0 Å². The first-order chi connectivity index (χ1) is 11.1. The topological polar surface area (TPSA) is 60.9 Å². The number of carbonyl (C=O) groups excluding carboxylic acids is 1. The zero-order valence-corrected chi connectivity index (χ0v) is 13.4. The van der Waals surface area contributed by atoms with Crippen LogP contribution in [-0.2, 0) is 4.79 Å². The second kappa shape index (κ2) is 6.70. The molecule has 1 aromatic carbocycles. The van der Waals surface area contributed by atoms with E-state index < -0.39 is 36.6 Å². The largest absolute Gasteiger partial charge is 0.481 e. The van der Waals surface area contributed by atoms with Crippen LogP contribution in [0, 0.1) is 12.8 Å². The third-order valence-corrected chi connectivity index (χ3v) is 4.16. The molecule has 1 heterocycles. The fourth-order valence-corrected chi connectivity index (χ4v) is 2.94. The lowest BCUT2D eigenvalue weighted by Crippen LogP contribution is -2.44. The number of alkyl halides is 3. The molecule has 0 bridgehead atoms. The molecule has 2 amide bonds. The first kappa shape index (κ1) is 18.1. The second-order valence-electron chi connectivity index (χ2n) is 6.12. The summed E-state index contributed by atoms with van der Waals surface area (Å²) in [4.78, 5) is 25.4. The van der Waals surface area contributed by atoms with Crippen LogP contribution in [0.25, 0.3) is 0 Å². The van der Waals surface area contributed by atoms with Crippen LogP contribution >= 0.6 is 0 Å². The number of benzene rings is 1. The molecule has 5 nitrogen and oxygen atoms in total. The number of carboxylic acid groups (broad SMARTS) is 1. The van der Waals surface area contributed by atoms with Gasteiger partial charge in [0, 0.05) is 26.1 Å². The van der Waals surface area contributed by atoms with E-state index in [0.29, 0.717) is 4.90 Å². The van der Waals surface area contributed by atoms with Crippen LogP contribution in [0.2, 0.25) is 0 Å². The van der Waals surface area contributed by atoms with E-state index in [1.807, 2.05) is 19.1 Å². The summed E-state index contributed by atoms with van der Waals surface area (Å²) in [6.45, 7) is 0.514. The molecule has 1 N–H and O–H groups in total. The molecule has 0 aromatic heterocycles. The normalized spacial score (nSPS) is 21.0. The number of urea groups is 1. The average Bonchev–Trinajstić information content (AvgIpc) is 2.90. The number of carboxylic acids is 1. The Labute approximate surface area is 137 Å². The Kier molecular flexibility index (Phi) is 5.05. The number of rotatable bonds is 3. The number of hydrogen-bond donors (Lipinski definition) is 1. The van der Waals surface area contributed by atoms with E-state index in [1.54, 1.807) is 12.1 Å². The third kappa shape index (κ3) is 4.18. The van der Waals surface area contributed by atoms with Crippen LogP contribution in [0.1, 0.15) is 17.0 Å². The number of hydrogen-bond acceptors (Lipinski definition) is 2. The minimum absolute atomic E-state index is 0.0844. The molecule has 1 aromatic rings. The van der Waals surface area contributed by atoms with E-state index in [2.05, 4.69) is 0 Å². The first-order valence-corrected chi connectivity index (χ1v) is 7.44. The molecule has 8 heteroatoms. The smallest absolute Gasteiger partial charge is 0.406 e. The standard InChI is InChI=1S/C16H19F3N2O3/c1-10-3-5-11(6-4-10)12-7-21(8-13(12)14(22)23)15(24)20(2)9-16(17,18)19/h3-6,12-13H,7-9H2,1-2H3,(H,22,23)/t12-,13+/m1/s1. The Bertz CT molecular complexity index is 616. The Morgan fingerprint density at radius 2 is 1.83 bits per heavy atom. The fourth-order valence-electron chi connectivity index (χ4n) is 2.94. The predicted octanol–water partition coefficient (Wildman–Crippen LogP) is 2.71. The maximum atomic E-state index is 12.4. The Morgan fingerprint density at radius 1 is 1.25 bits per heavy atom. The van der Waals surface area contributed by atoms with Gasteiger partial charge in [0.15, 0.2) is 0 Å². The molecule has 2 rings (SSSR count). The highest BCUT2D eigenvalue weighted by Crippen LogP contribution is 2.33. The van der Waals surface area contributed by atoms with Crippen molar-refractivity contribution in [3.63, 3.8) is 0 Å². The molecule has 0 radical (unpaired) electrons. The van der Waals surface area contributed by atoms with Crippen LogP contribution in [0.3, 0.4) is 0 Å². The molecule has 2 atom stereocenters. The number of aliphatic carboxylic acids is 1. The van der Waals surface area contributed by atoms with Gasteiger partial charge in [-0.25, -0.2) is 4.79 Å². The number of likely N-dealkylation sites (tertiary alicyclic amines) is 1. The van der Waals surface area contributed by atoms with Crippen LogP contribution in [-0.4, -0.2) is 59.8 Å². The molecule has 1 fully saturated rings. The Morgan fingerprint density at radius 3 is 2.33 bits per heavy atom. The monoisotopic (exact) mass is 344 g/mol. The van der Waals surface area contributed by atoms with E-state index in [9.17, 15) is 27.9 Å². The predicted molar refractivity (Wildman–Crippen MR) is 80.7 cm³/mol. The van der Waals surface area contributed by atoms with Crippen LogP contribution < -0.4 is 0 Å². The summed E-state index contributed by atoms with van der Waals surface area (Å²) < 4.78 is 37.3. The van der Waals surface area contributed by atoms with Crippen molar-refractivity contribution in [3.8, 4) is 0 Å². The number of carbonyl (C=O) groups is 2. The van der Waals surface area contributed by atoms with E-state index in [1.165, 1.54) is 4.90 Å². The maximum Gasteiger partial charge on any atom is 0.406 e. The van der Waals surface area contributed by atoms with Crippen molar-refractivity contribution < 1.29 is 27.9 Å². The van der Waals surface area contributed by atoms with Gasteiger partial charge in [-0.15, -0.1) is 0 Å². The molecular formula is C16H19F3N2O3. The zero-order valence-electron chi connectivity index (χ0n) is 13.4. The minimum atomic E-state index is -4.49. The molecular weight excluding hydrogens is 325 g/mol. The van der Waals surface area contributed by atoms with Gasteiger partial charge in [0.2, 0.25) is 0 Å². The maximum absolute atomic E-state index is 12.4. The van der Waals surface area contributed by atoms with Crippen molar-refractivity contribution in [2.75, 3.05) is 26.7 Å². The second-order valence-corrected chi connectivity index (χ2v) is 6.12. The van der Waals surface area contributed by atoms with Gasteiger partial charge in [0.05, 0.1) is 5.92 Å². The van der Waals surface area contributed by atoms with Crippen molar-refractivity contribution in [1.29, 1.82) is 0 Å². The number of halogens is 3. The lowest BCUT2D eigenvalue weighted by atomic mass is 9.89. The van der Waals surface area contributed by atoms with E-state index >= 15 is 0 Å². The van der Waals surface area contributed by atoms with Gasteiger partial charge in [-0.05, 0) is 12.5 Å². The molecule has 1 saturated heterocycles. The molecule has 1 aliphatic heterocycles. The number of amides is 2. The van der Waals surface area contributed by atoms with Crippen molar-refractivity contribution in [2.45, 2.75) is 19.0 Å². The van der Waals surface area contributed by atoms with Crippen molar-refractivity contribution >= 4 is 12.0 Å². The summed E-state index contributed by atoms with van der Waals surface area (Å²) >= 11 is 0. The summed E-state index contributed by atoms with van der Waals surface area (Å²) in [5, 5.41) is 9.39. The van der Waals surface area contributed by atoms with Crippen molar-refractivity contribution in [3.05, 3.63) is 35.4 Å². The summed E-state index contributed by atoms with van der Waals surface area (Å²) in [7, 11) is 1.06. The lowest BCUT2D eigenvalue weighted by Gasteiger charge is -2.25. The van der Waals surface area contributed by atoms with Crippen molar-refractivity contribution in [2.24, 2.45) is 5.92 Å². The summed E-state index contributed by atoms with van der Waals surface area (Å²) in [5.74, 6) is -2.34. The van der Waals surface area contributed by atoms with Gasteiger partial charge in [0.1, 0.15) is 6.54 Å². The molecule has 0 aliphatic carbocycles. The summed E-state index contributed by atoms with van der Waals surface area (Å²) in [6.07, 6.45) is -4.49. The highest BCUT2D eigenvalue weighted by molar-refractivity contribution is 5.78. The fraction of sp³-hybridized carbons (Fsp3) is 0.500. The van der Waals surface area contributed by atoms with Crippen LogP contribution in [0.4, 0.5) is 18.0 Å². The lowest BCUT2D eigenvalue weighted by molar-refractivity contribution is -0.142. The van der Waals surface area contributed by atoms with E-state index in [0.717, 1.165) is 18.2 Å². The quantitative estimate of drug-likeness (QED) is 0.917. The molecule has 132 valence electrons. The molecule has 0 saturated carbocycles. The Hall–Kier alpha value is -2.25. The van der Waals surface area contributed by atoms with Crippen LogP contribution in [0.15, 0.2) is 24.3 Å². The summed E-state index contributed by atoms with van der Waals surface area (Å²) in [6, 6.07) is 6.46. The molecule has 1 aliphatic rings. The van der Waals surface area contributed by atoms with E-state index in [-0.39, 0.29) is 13.1 Å². The minimum Gasteiger partial charge on any atom is -0.481 e. The van der Waals surface area contributed by atoms with Crippen molar-refractivity contribution in [1.82, 2.24) is 9.80 Å². The first-order valence-electron chi connectivity index (χ1n) is 7.44. The Balaban J connectivity index is 2.16. The SMILES string of the molecule is Cc1ccc([C@H]2CN(C(=O)N(C)CC(F)(F)F)C[C@@H]2C(=O)O)cc1. The van der Waals surface area contributed by atoms with E-state index in [4.69, 9.17) is 0 Å². The van der Waals surface area contributed by atoms with Gasteiger partial charge >= 0.3 is 18.2 Å².